The third-order valence-corrected chi connectivity index (χ3v) is 6.84. The Bertz CT molecular complexity index is 1010. The van der Waals surface area contributed by atoms with Gasteiger partial charge >= 0.3 is 6.18 Å². The lowest BCUT2D eigenvalue weighted by Crippen LogP contribution is -2.46. The molecule has 1 fully saturated rings. The summed E-state index contributed by atoms with van der Waals surface area (Å²) in [5.41, 5.74) is 7.34. The zero-order chi connectivity index (χ0) is 21.8. The number of H-pyrrole nitrogens is 1. The maximum Gasteiger partial charge on any atom is 0.415 e. The molecule has 166 valence electrons. The molecular formula is C21H26F3N7. The summed E-state index contributed by atoms with van der Waals surface area (Å²) in [6, 6.07) is 0. The number of halogens is 3. The van der Waals surface area contributed by atoms with Crippen molar-refractivity contribution in [3.8, 4) is 0 Å². The van der Waals surface area contributed by atoms with Crippen molar-refractivity contribution in [1.82, 2.24) is 25.1 Å². The van der Waals surface area contributed by atoms with Crippen LogP contribution < -0.4 is 16.0 Å². The standard InChI is InChI=1S/C21H26F3N7/c1-2-13(18-27-8-9-28-18)15-16-20(5-7-26-12-20)6-11-31(16)29-19(15)30-10-3-4-14(17(30)25)21(22,23)24/h3-4,8-10,13,17,26H,2,5-7,11-12,25H2,1H3,(H,27,28)/t13?,17?,20-/m1/s1. The largest absolute Gasteiger partial charge is 0.415 e. The Morgan fingerprint density at radius 2 is 2.19 bits per heavy atom. The minimum atomic E-state index is -4.51. The molecule has 31 heavy (non-hydrogen) atoms. The number of rotatable bonds is 4. The first-order valence-corrected chi connectivity index (χ1v) is 10.7. The molecule has 0 amide bonds. The molecule has 1 spiro atoms. The highest BCUT2D eigenvalue weighted by Gasteiger charge is 2.48. The normalized spacial score (nSPS) is 26.5. The fourth-order valence-corrected chi connectivity index (χ4v) is 5.34. The lowest BCUT2D eigenvalue weighted by Gasteiger charge is -2.33. The molecule has 2 aromatic rings. The molecule has 0 saturated carbocycles. The van der Waals surface area contributed by atoms with Crippen molar-refractivity contribution in [2.75, 3.05) is 18.0 Å². The molecule has 2 unspecified atom stereocenters. The molecular weight excluding hydrogens is 407 g/mol. The minimum Gasteiger partial charge on any atom is -0.348 e. The number of nitrogens with one attached hydrogen (secondary N) is 2. The highest BCUT2D eigenvalue weighted by Crippen LogP contribution is 2.49. The number of nitrogens with zero attached hydrogens (tertiary/aromatic N) is 4. The quantitative estimate of drug-likeness (QED) is 0.690. The van der Waals surface area contributed by atoms with E-state index in [1.165, 1.54) is 11.0 Å². The maximum atomic E-state index is 13.6. The van der Waals surface area contributed by atoms with Crippen molar-refractivity contribution in [3.63, 3.8) is 0 Å². The lowest BCUT2D eigenvalue weighted by atomic mass is 9.78. The average molecular weight is 433 g/mol. The predicted octanol–water partition coefficient (Wildman–Crippen LogP) is 2.89. The fraction of sp³-hybridized carbons (Fsp3) is 0.524. The van der Waals surface area contributed by atoms with Crippen LogP contribution in [0.4, 0.5) is 19.0 Å². The Labute approximate surface area is 178 Å². The number of anilines is 1. The van der Waals surface area contributed by atoms with Gasteiger partial charge in [0.05, 0.1) is 11.3 Å². The Kier molecular flexibility index (Phi) is 4.74. The third kappa shape index (κ3) is 3.11. The molecule has 2 aromatic heterocycles. The van der Waals surface area contributed by atoms with Gasteiger partial charge in [-0.3, -0.25) is 4.68 Å². The molecule has 3 aliphatic heterocycles. The van der Waals surface area contributed by atoms with Gasteiger partial charge in [0.2, 0.25) is 0 Å². The second kappa shape index (κ2) is 7.23. The Balaban J connectivity index is 1.67. The van der Waals surface area contributed by atoms with Crippen molar-refractivity contribution in [3.05, 3.63) is 53.4 Å². The summed E-state index contributed by atoms with van der Waals surface area (Å²) in [5, 5.41) is 8.29. The second-order valence-corrected chi connectivity index (χ2v) is 8.51. The number of allylic oxidation sites excluding steroid dienone is 2. The van der Waals surface area contributed by atoms with E-state index in [0.717, 1.165) is 62.1 Å². The molecule has 1 saturated heterocycles. The summed E-state index contributed by atoms with van der Waals surface area (Å²) in [5.74, 6) is 1.15. The van der Waals surface area contributed by atoms with Gasteiger partial charge in [0.15, 0.2) is 5.82 Å². The van der Waals surface area contributed by atoms with E-state index in [-0.39, 0.29) is 11.3 Å². The van der Waals surface area contributed by atoms with Gasteiger partial charge in [0, 0.05) is 48.6 Å². The van der Waals surface area contributed by atoms with E-state index in [1.807, 2.05) is 4.68 Å². The Morgan fingerprint density at radius 1 is 1.35 bits per heavy atom. The van der Waals surface area contributed by atoms with Gasteiger partial charge in [-0.2, -0.15) is 18.3 Å². The van der Waals surface area contributed by atoms with Gasteiger partial charge in [0.1, 0.15) is 12.0 Å². The van der Waals surface area contributed by atoms with Crippen molar-refractivity contribution < 1.29 is 13.2 Å². The highest BCUT2D eigenvalue weighted by atomic mass is 19.4. The van der Waals surface area contributed by atoms with Crippen LogP contribution in [0.5, 0.6) is 0 Å². The van der Waals surface area contributed by atoms with Crippen LogP contribution >= 0.6 is 0 Å². The van der Waals surface area contributed by atoms with Crippen LogP contribution in [0.25, 0.3) is 0 Å². The van der Waals surface area contributed by atoms with Gasteiger partial charge in [-0.1, -0.05) is 6.92 Å². The van der Waals surface area contributed by atoms with Crippen LogP contribution in [0, 0.1) is 0 Å². The van der Waals surface area contributed by atoms with Gasteiger partial charge in [-0.15, -0.1) is 0 Å². The molecule has 5 rings (SSSR count). The highest BCUT2D eigenvalue weighted by molar-refractivity contribution is 5.61. The number of imidazole rings is 1. The van der Waals surface area contributed by atoms with E-state index in [1.54, 1.807) is 18.6 Å². The molecule has 0 aliphatic carbocycles. The summed E-state index contributed by atoms with van der Waals surface area (Å²) in [6.07, 6.45) is 4.32. The number of aromatic amines is 1. The van der Waals surface area contributed by atoms with Crippen LogP contribution in [0.1, 0.15) is 49.2 Å². The molecule has 5 heterocycles. The second-order valence-electron chi connectivity index (χ2n) is 8.51. The summed E-state index contributed by atoms with van der Waals surface area (Å²) in [7, 11) is 0. The van der Waals surface area contributed by atoms with Crippen LogP contribution in [0.2, 0.25) is 0 Å². The van der Waals surface area contributed by atoms with Crippen LogP contribution in [-0.4, -0.2) is 45.2 Å². The van der Waals surface area contributed by atoms with E-state index in [2.05, 4.69) is 22.2 Å². The number of nitrogens with two attached hydrogens (primary N) is 1. The fourth-order valence-electron chi connectivity index (χ4n) is 5.34. The summed E-state index contributed by atoms with van der Waals surface area (Å²) in [6.45, 7) is 4.56. The van der Waals surface area contributed by atoms with Gasteiger partial charge in [0.25, 0.3) is 0 Å². The molecule has 4 N–H and O–H groups in total. The Morgan fingerprint density at radius 3 is 2.84 bits per heavy atom. The van der Waals surface area contributed by atoms with Crippen LogP contribution in [0.15, 0.2) is 36.3 Å². The molecule has 0 bridgehead atoms. The number of hydrogen-bond donors (Lipinski definition) is 3. The molecule has 0 aromatic carbocycles. The van der Waals surface area contributed by atoms with Gasteiger partial charge in [-0.25, -0.2) is 4.98 Å². The van der Waals surface area contributed by atoms with E-state index in [9.17, 15) is 13.2 Å². The molecule has 7 nitrogen and oxygen atoms in total. The zero-order valence-corrected chi connectivity index (χ0v) is 17.3. The topological polar surface area (TPSA) is 87.8 Å². The lowest BCUT2D eigenvalue weighted by molar-refractivity contribution is -0.0955. The zero-order valence-electron chi connectivity index (χ0n) is 17.3. The van der Waals surface area contributed by atoms with Crippen molar-refractivity contribution in [2.24, 2.45) is 5.73 Å². The van der Waals surface area contributed by atoms with Crippen molar-refractivity contribution in [1.29, 1.82) is 0 Å². The predicted molar refractivity (Wildman–Crippen MR) is 110 cm³/mol. The van der Waals surface area contributed by atoms with Crippen LogP contribution in [-0.2, 0) is 12.0 Å². The summed E-state index contributed by atoms with van der Waals surface area (Å²) < 4.78 is 42.7. The first kappa shape index (κ1) is 20.3. The molecule has 0 radical (unpaired) electrons. The van der Waals surface area contributed by atoms with E-state index in [0.29, 0.717) is 5.82 Å². The molecule has 3 atom stereocenters. The summed E-state index contributed by atoms with van der Waals surface area (Å²) in [4.78, 5) is 9.14. The minimum absolute atomic E-state index is 0.0626. The first-order valence-electron chi connectivity index (χ1n) is 10.7. The third-order valence-electron chi connectivity index (χ3n) is 6.84. The van der Waals surface area contributed by atoms with E-state index < -0.39 is 17.9 Å². The van der Waals surface area contributed by atoms with E-state index in [4.69, 9.17) is 10.8 Å². The molecule has 10 heteroatoms. The number of alkyl halides is 3. The SMILES string of the molecule is CCC(c1ncc[nH]1)c1c(N2C=CC=C(C(F)(F)F)C2N)nn2c1[C@]1(CCNC1)CC2. The first-order chi connectivity index (χ1) is 14.9. The monoisotopic (exact) mass is 433 g/mol. The number of aromatic nitrogens is 4. The number of aryl methyl sites for hydroxylation is 1. The van der Waals surface area contributed by atoms with E-state index >= 15 is 0 Å². The van der Waals surface area contributed by atoms with Crippen LogP contribution in [0.3, 0.4) is 0 Å². The summed E-state index contributed by atoms with van der Waals surface area (Å²) >= 11 is 0. The average Bonchev–Trinajstić information content (AvgIpc) is 3.51. The molecule has 3 aliphatic rings. The number of fused-ring (bicyclic) bond motifs is 2. The Hall–Kier alpha value is -2.59. The van der Waals surface area contributed by atoms with Crippen molar-refractivity contribution >= 4 is 5.82 Å². The number of hydrogen-bond acceptors (Lipinski definition) is 5. The maximum absolute atomic E-state index is 13.6. The van der Waals surface area contributed by atoms with Crippen molar-refractivity contribution in [2.45, 2.75) is 56.4 Å². The van der Waals surface area contributed by atoms with Gasteiger partial charge in [-0.05, 0) is 38.0 Å². The smallest absolute Gasteiger partial charge is 0.348 e. The van der Waals surface area contributed by atoms with Gasteiger partial charge < -0.3 is 20.9 Å².